The van der Waals surface area contributed by atoms with E-state index in [2.05, 4.69) is 20.8 Å². The fourth-order valence-corrected chi connectivity index (χ4v) is 0. The SMILES string of the molecule is CC(C)C.CN(C)C.[CH3-].[Rh]. The van der Waals surface area contributed by atoms with E-state index in [9.17, 15) is 0 Å². The molecule has 0 amide bonds. The first-order valence-electron chi connectivity index (χ1n) is 3.07. The normalized spacial score (nSPS) is 7.20. The van der Waals surface area contributed by atoms with E-state index in [4.69, 9.17) is 0 Å². The molecule has 69 valence electrons. The topological polar surface area (TPSA) is 3.24 Å². The first-order valence-corrected chi connectivity index (χ1v) is 3.07. The zero-order valence-corrected chi connectivity index (χ0v) is 10.00. The first kappa shape index (κ1) is 22.4. The maximum absolute atomic E-state index is 2.17. The Kier molecular flexibility index (Phi) is 36.5. The summed E-state index contributed by atoms with van der Waals surface area (Å²) in [6, 6.07) is 0. The molecular weight excluding hydrogens is 213 g/mol. The van der Waals surface area contributed by atoms with Crippen molar-refractivity contribution >= 4 is 0 Å². The van der Waals surface area contributed by atoms with Gasteiger partial charge in [0, 0.05) is 19.5 Å². The summed E-state index contributed by atoms with van der Waals surface area (Å²) in [5, 5.41) is 0. The molecule has 0 aliphatic rings. The Labute approximate surface area is 79.9 Å². The van der Waals surface area contributed by atoms with Crippen molar-refractivity contribution in [1.29, 1.82) is 0 Å². The molecule has 0 heterocycles. The fraction of sp³-hybridized carbons (Fsp3) is 0.875. The van der Waals surface area contributed by atoms with Crippen LogP contribution in [0.4, 0.5) is 0 Å². The first-order chi connectivity index (χ1) is 3.46. The van der Waals surface area contributed by atoms with Gasteiger partial charge in [0.15, 0.2) is 0 Å². The molecule has 0 atom stereocenters. The minimum Gasteiger partial charge on any atom is -0.358 e. The van der Waals surface area contributed by atoms with Gasteiger partial charge in [-0.3, -0.25) is 0 Å². The summed E-state index contributed by atoms with van der Waals surface area (Å²) in [6.07, 6.45) is 0. The van der Waals surface area contributed by atoms with Gasteiger partial charge >= 0.3 is 0 Å². The molecule has 1 radical (unpaired) electrons. The smallest absolute Gasteiger partial charge is 0 e. The summed E-state index contributed by atoms with van der Waals surface area (Å²) in [6.45, 7) is 6.50. The average Bonchev–Trinajstić information content (AvgIpc) is 1.25. The second-order valence-electron chi connectivity index (χ2n) is 3.07. The Morgan fingerprint density at radius 2 is 0.900 bits per heavy atom. The van der Waals surface area contributed by atoms with E-state index in [1.54, 1.807) is 0 Å². The van der Waals surface area contributed by atoms with Gasteiger partial charge in [-0.05, 0) is 27.1 Å². The summed E-state index contributed by atoms with van der Waals surface area (Å²) < 4.78 is 0. The van der Waals surface area contributed by atoms with Crippen LogP contribution in [0.15, 0.2) is 0 Å². The Bertz CT molecular complexity index is 24.7. The van der Waals surface area contributed by atoms with Crippen LogP contribution in [-0.2, 0) is 19.5 Å². The largest absolute Gasteiger partial charge is 0.358 e. The molecule has 1 nitrogen and oxygen atoms in total. The van der Waals surface area contributed by atoms with Gasteiger partial charge in [-0.2, -0.15) is 0 Å². The van der Waals surface area contributed by atoms with Crippen LogP contribution in [0.5, 0.6) is 0 Å². The van der Waals surface area contributed by atoms with Crippen molar-refractivity contribution in [2.24, 2.45) is 5.92 Å². The molecule has 0 aliphatic heterocycles. The molecule has 0 bridgehead atoms. The monoisotopic (exact) mass is 235 g/mol. The van der Waals surface area contributed by atoms with Gasteiger partial charge in [0.2, 0.25) is 0 Å². The van der Waals surface area contributed by atoms with E-state index in [0.717, 1.165) is 5.92 Å². The maximum Gasteiger partial charge on any atom is 0 e. The van der Waals surface area contributed by atoms with Gasteiger partial charge < -0.3 is 12.3 Å². The van der Waals surface area contributed by atoms with Gasteiger partial charge in [0.05, 0.1) is 0 Å². The summed E-state index contributed by atoms with van der Waals surface area (Å²) in [5.74, 6) is 0.833. The molecule has 0 unspecified atom stereocenters. The number of nitrogens with zero attached hydrogens (tertiary/aromatic N) is 1. The molecule has 0 aromatic rings. The van der Waals surface area contributed by atoms with Crippen molar-refractivity contribution in [3.63, 3.8) is 0 Å². The molecule has 0 saturated heterocycles. The van der Waals surface area contributed by atoms with Crippen molar-refractivity contribution in [3.8, 4) is 0 Å². The predicted molar refractivity (Wildman–Crippen MR) is 46.5 cm³/mol. The zero-order valence-electron chi connectivity index (χ0n) is 8.36. The van der Waals surface area contributed by atoms with E-state index >= 15 is 0 Å². The van der Waals surface area contributed by atoms with Gasteiger partial charge in [-0.25, -0.2) is 0 Å². The Morgan fingerprint density at radius 1 is 0.900 bits per heavy atom. The minimum absolute atomic E-state index is 0. The molecule has 0 rings (SSSR count). The van der Waals surface area contributed by atoms with E-state index in [1.165, 1.54) is 0 Å². The Balaban J connectivity index is -0.0000000300. The second kappa shape index (κ2) is 16.3. The van der Waals surface area contributed by atoms with Crippen LogP contribution in [0.25, 0.3) is 0 Å². The third-order valence-electron chi connectivity index (χ3n) is 0. The Morgan fingerprint density at radius 3 is 0.900 bits per heavy atom. The Hall–Kier alpha value is 0.583. The fourth-order valence-electron chi connectivity index (χ4n) is 0. The van der Waals surface area contributed by atoms with E-state index < -0.39 is 0 Å². The number of rotatable bonds is 0. The van der Waals surface area contributed by atoms with E-state index in [0.29, 0.717) is 0 Å². The number of hydrogen-bond acceptors (Lipinski definition) is 1. The summed E-state index contributed by atoms with van der Waals surface area (Å²) >= 11 is 0. The van der Waals surface area contributed by atoms with Crippen LogP contribution in [0, 0.1) is 13.3 Å². The molecule has 0 aliphatic carbocycles. The van der Waals surface area contributed by atoms with Gasteiger partial charge in [-0.1, -0.05) is 20.8 Å². The van der Waals surface area contributed by atoms with E-state index in [1.807, 2.05) is 26.0 Å². The van der Waals surface area contributed by atoms with Gasteiger partial charge in [-0.15, -0.1) is 0 Å². The van der Waals surface area contributed by atoms with Gasteiger partial charge in [0.1, 0.15) is 0 Å². The summed E-state index contributed by atoms with van der Waals surface area (Å²) in [4.78, 5) is 2.00. The van der Waals surface area contributed by atoms with Crippen LogP contribution in [0.3, 0.4) is 0 Å². The zero-order chi connectivity index (χ0) is 7.15. The molecular formula is C8H22NRh-. The quantitative estimate of drug-likeness (QED) is 0.460. The molecule has 10 heavy (non-hydrogen) atoms. The van der Waals surface area contributed by atoms with Crippen molar-refractivity contribution in [2.75, 3.05) is 21.1 Å². The summed E-state index contributed by atoms with van der Waals surface area (Å²) in [7, 11) is 6.00. The third-order valence-corrected chi connectivity index (χ3v) is 0. The molecule has 0 saturated carbocycles. The van der Waals surface area contributed by atoms with E-state index in [-0.39, 0.29) is 26.9 Å². The molecule has 0 aromatic carbocycles. The van der Waals surface area contributed by atoms with Crippen LogP contribution in [0.2, 0.25) is 0 Å². The molecule has 2 heteroatoms. The predicted octanol–water partition coefficient (Wildman–Crippen LogP) is 2.29. The maximum atomic E-state index is 2.17. The van der Waals surface area contributed by atoms with Crippen LogP contribution >= 0.6 is 0 Å². The standard InChI is InChI=1S/C4H10.C3H9N.CH3.Rh/c2*1-4(2)3;;/h4H,1-3H3;1-3H3;1H3;/q;;-1;. The molecule has 0 N–H and O–H groups in total. The molecule has 0 aromatic heterocycles. The number of hydrogen-bond donors (Lipinski definition) is 0. The van der Waals surface area contributed by atoms with Crippen molar-refractivity contribution in [3.05, 3.63) is 7.43 Å². The van der Waals surface area contributed by atoms with Gasteiger partial charge in [0.25, 0.3) is 0 Å². The van der Waals surface area contributed by atoms with Crippen molar-refractivity contribution < 1.29 is 19.5 Å². The molecule has 0 spiro atoms. The van der Waals surface area contributed by atoms with Crippen LogP contribution in [-0.4, -0.2) is 26.0 Å². The van der Waals surface area contributed by atoms with Crippen molar-refractivity contribution in [2.45, 2.75) is 20.8 Å². The molecule has 0 fully saturated rings. The van der Waals surface area contributed by atoms with Crippen LogP contribution in [0.1, 0.15) is 20.8 Å². The second-order valence-corrected chi connectivity index (χ2v) is 3.07. The third kappa shape index (κ3) is 1450. The summed E-state index contributed by atoms with van der Waals surface area (Å²) in [5.41, 5.74) is 0. The van der Waals surface area contributed by atoms with Crippen molar-refractivity contribution in [1.82, 2.24) is 4.90 Å². The van der Waals surface area contributed by atoms with Crippen LogP contribution < -0.4 is 0 Å². The average molecular weight is 235 g/mol. The minimum atomic E-state index is 0.